The highest BCUT2D eigenvalue weighted by atomic mass is 16.6. The molecule has 0 aliphatic heterocycles. The fourth-order valence-corrected chi connectivity index (χ4v) is 3.75. The molecular weight excluding hydrogens is 540 g/mol. The zero-order valence-electron chi connectivity index (χ0n) is 25.4. The third-order valence-electron chi connectivity index (χ3n) is 5.63. The maximum atomic E-state index is 12.9. The highest BCUT2D eigenvalue weighted by molar-refractivity contribution is 5.82. The molecule has 2 aromatic rings. The molecule has 0 saturated carbocycles. The van der Waals surface area contributed by atoms with Gasteiger partial charge in [0.05, 0.1) is 0 Å². The summed E-state index contributed by atoms with van der Waals surface area (Å²) in [5.41, 5.74) is 0.130. The van der Waals surface area contributed by atoms with Crippen LogP contribution >= 0.6 is 0 Å². The van der Waals surface area contributed by atoms with Gasteiger partial charge in [-0.3, -0.25) is 0 Å². The Kier molecular flexibility index (Phi) is 13.3. The van der Waals surface area contributed by atoms with Gasteiger partial charge >= 0.3 is 24.1 Å². The van der Waals surface area contributed by atoms with Crippen molar-refractivity contribution in [3.8, 4) is 0 Å². The Morgan fingerprint density at radius 3 is 1.24 bits per heavy atom. The number of rotatable bonds is 13. The minimum Gasteiger partial charge on any atom is -0.459 e. The van der Waals surface area contributed by atoms with Gasteiger partial charge in [0.25, 0.3) is 0 Å². The number of benzene rings is 2. The van der Waals surface area contributed by atoms with Gasteiger partial charge in [-0.15, -0.1) is 0 Å². The lowest BCUT2D eigenvalue weighted by Gasteiger charge is -2.24. The van der Waals surface area contributed by atoms with Crippen LogP contribution in [0.15, 0.2) is 60.7 Å². The largest absolute Gasteiger partial charge is 0.459 e. The van der Waals surface area contributed by atoms with Gasteiger partial charge in [0.15, 0.2) is 0 Å². The van der Waals surface area contributed by atoms with E-state index in [0.29, 0.717) is 12.8 Å². The summed E-state index contributed by atoms with van der Waals surface area (Å²) in [6.45, 7) is 10.5. The number of hydrogen-bond acceptors (Lipinski definition) is 8. The fraction of sp³-hybridized carbons (Fsp3) is 0.500. The molecular formula is C32H44N2O8. The normalized spacial score (nSPS) is 12.8. The molecule has 0 fully saturated rings. The van der Waals surface area contributed by atoms with Crippen molar-refractivity contribution >= 4 is 24.1 Å². The molecule has 10 nitrogen and oxygen atoms in total. The van der Waals surface area contributed by atoms with Crippen LogP contribution < -0.4 is 10.6 Å². The maximum absolute atomic E-state index is 12.9. The molecule has 10 heteroatoms. The first-order valence-electron chi connectivity index (χ1n) is 14.1. The molecule has 0 saturated heterocycles. The van der Waals surface area contributed by atoms with E-state index in [2.05, 4.69) is 10.6 Å². The van der Waals surface area contributed by atoms with Gasteiger partial charge in [-0.1, -0.05) is 73.5 Å². The van der Waals surface area contributed by atoms with E-state index in [1.165, 1.54) is 0 Å². The van der Waals surface area contributed by atoms with E-state index in [1.54, 1.807) is 41.5 Å². The molecule has 2 aromatic carbocycles. The zero-order valence-corrected chi connectivity index (χ0v) is 25.4. The number of carbonyl (C=O) groups is 4. The number of unbranched alkanes of at least 4 members (excludes halogenated alkanes) is 1. The third-order valence-corrected chi connectivity index (χ3v) is 5.63. The average molecular weight is 585 g/mol. The Morgan fingerprint density at radius 2 is 0.929 bits per heavy atom. The third kappa shape index (κ3) is 14.5. The summed E-state index contributed by atoms with van der Waals surface area (Å²) in [6.07, 6.45) is -0.161. The highest BCUT2D eigenvalue weighted by Gasteiger charge is 2.28. The number of esters is 2. The van der Waals surface area contributed by atoms with Crippen LogP contribution in [0.3, 0.4) is 0 Å². The predicted octanol–water partition coefficient (Wildman–Crippen LogP) is 5.82. The molecule has 0 aliphatic carbocycles. The van der Waals surface area contributed by atoms with Crippen molar-refractivity contribution in [3.05, 3.63) is 71.8 Å². The van der Waals surface area contributed by atoms with Gasteiger partial charge in [-0.05, 0) is 65.5 Å². The molecule has 2 amide bonds. The second-order valence-corrected chi connectivity index (χ2v) is 11.9. The van der Waals surface area contributed by atoms with Gasteiger partial charge in [-0.25, -0.2) is 19.2 Å². The molecule has 0 aliphatic rings. The Hall–Kier alpha value is -4.08. The van der Waals surface area contributed by atoms with Crippen LogP contribution in [0.4, 0.5) is 9.59 Å². The minimum atomic E-state index is -0.967. The molecule has 0 spiro atoms. The standard InChI is InChI=1S/C32H44N2O8/c1-31(2,3)41-29(37)33-25(27(35)39-21-23-15-9-7-10-16-23)19-13-14-20-26(34-30(38)42-32(4,5)6)28(36)40-22-24-17-11-8-12-18-24/h7-12,15-18,25-26H,13-14,19-22H2,1-6H3,(H,33,37)(H,34,38)/t25-,26-/m0/s1. The molecule has 2 atom stereocenters. The number of nitrogens with one attached hydrogen (secondary N) is 2. The van der Waals surface area contributed by atoms with E-state index in [-0.39, 0.29) is 26.1 Å². The second-order valence-electron chi connectivity index (χ2n) is 11.9. The number of ether oxygens (including phenoxy) is 4. The topological polar surface area (TPSA) is 129 Å². The van der Waals surface area contributed by atoms with Crippen molar-refractivity contribution in [2.75, 3.05) is 0 Å². The van der Waals surface area contributed by atoms with Crippen molar-refractivity contribution < 1.29 is 38.1 Å². The SMILES string of the molecule is CC(C)(C)OC(=O)N[C@@H](CCCC[C@H](NC(=O)OC(C)(C)C)C(=O)OCc1ccccc1)C(=O)OCc1ccccc1. The molecule has 2 rings (SSSR count). The lowest BCUT2D eigenvalue weighted by Crippen LogP contribution is -2.45. The summed E-state index contributed by atoms with van der Waals surface area (Å²) in [5.74, 6) is -1.20. The van der Waals surface area contributed by atoms with Gasteiger partial charge in [0.1, 0.15) is 36.5 Å². The molecule has 0 heterocycles. The van der Waals surface area contributed by atoms with Crippen LogP contribution in [0.1, 0.15) is 78.4 Å². The Bertz CT molecular complexity index is 1050. The Balaban J connectivity index is 2.01. The number of alkyl carbamates (subject to hydrolysis) is 2. The van der Waals surface area contributed by atoms with E-state index in [4.69, 9.17) is 18.9 Å². The Morgan fingerprint density at radius 1 is 0.595 bits per heavy atom. The lowest BCUT2D eigenvalue weighted by molar-refractivity contribution is -0.148. The van der Waals surface area contributed by atoms with Gasteiger partial charge in [0, 0.05) is 0 Å². The van der Waals surface area contributed by atoms with Gasteiger partial charge < -0.3 is 29.6 Å². The minimum absolute atomic E-state index is 0.0569. The summed E-state index contributed by atoms with van der Waals surface area (Å²) in [4.78, 5) is 50.7. The smallest absolute Gasteiger partial charge is 0.408 e. The summed E-state index contributed by atoms with van der Waals surface area (Å²) < 4.78 is 21.6. The molecule has 0 aromatic heterocycles. The number of carbonyl (C=O) groups excluding carboxylic acids is 4. The van der Waals surface area contributed by atoms with Crippen molar-refractivity contribution in [1.29, 1.82) is 0 Å². The molecule has 230 valence electrons. The Labute approximate surface area is 248 Å². The van der Waals surface area contributed by atoms with Crippen LogP contribution in [0.5, 0.6) is 0 Å². The predicted molar refractivity (Wildman–Crippen MR) is 157 cm³/mol. The highest BCUT2D eigenvalue weighted by Crippen LogP contribution is 2.14. The van der Waals surface area contributed by atoms with Gasteiger partial charge in [-0.2, -0.15) is 0 Å². The fourth-order valence-electron chi connectivity index (χ4n) is 3.75. The second kappa shape index (κ2) is 16.4. The van der Waals surface area contributed by atoms with Crippen LogP contribution in [0.25, 0.3) is 0 Å². The summed E-state index contributed by atoms with van der Waals surface area (Å²) in [5, 5.41) is 5.20. The molecule has 2 N–H and O–H groups in total. The quantitative estimate of drug-likeness (QED) is 0.171. The number of hydrogen-bond donors (Lipinski definition) is 2. The molecule has 42 heavy (non-hydrogen) atoms. The average Bonchev–Trinajstić information content (AvgIpc) is 2.90. The number of amides is 2. The van der Waals surface area contributed by atoms with E-state index in [0.717, 1.165) is 11.1 Å². The van der Waals surface area contributed by atoms with E-state index in [1.807, 2.05) is 60.7 Å². The summed E-state index contributed by atoms with van der Waals surface area (Å²) >= 11 is 0. The van der Waals surface area contributed by atoms with Crippen molar-refractivity contribution in [1.82, 2.24) is 10.6 Å². The summed E-state index contributed by atoms with van der Waals surface area (Å²) in [7, 11) is 0. The van der Waals surface area contributed by atoms with E-state index < -0.39 is 47.4 Å². The first kappa shape index (κ1) is 34.1. The van der Waals surface area contributed by atoms with Crippen LogP contribution in [-0.2, 0) is 41.8 Å². The van der Waals surface area contributed by atoms with Crippen LogP contribution in [0, 0.1) is 0 Å². The zero-order chi connectivity index (χ0) is 31.2. The van der Waals surface area contributed by atoms with Crippen molar-refractivity contribution in [3.63, 3.8) is 0 Å². The first-order chi connectivity index (χ1) is 19.7. The van der Waals surface area contributed by atoms with E-state index in [9.17, 15) is 19.2 Å². The molecule has 0 bridgehead atoms. The molecule has 0 radical (unpaired) electrons. The summed E-state index contributed by atoms with van der Waals surface area (Å²) in [6, 6.07) is 16.5. The monoisotopic (exact) mass is 584 g/mol. The van der Waals surface area contributed by atoms with Gasteiger partial charge in [0.2, 0.25) is 0 Å². The van der Waals surface area contributed by atoms with E-state index >= 15 is 0 Å². The molecule has 0 unspecified atom stereocenters. The first-order valence-corrected chi connectivity index (χ1v) is 14.1. The van der Waals surface area contributed by atoms with Crippen LogP contribution in [0.2, 0.25) is 0 Å². The van der Waals surface area contributed by atoms with Crippen LogP contribution in [-0.4, -0.2) is 47.4 Å². The maximum Gasteiger partial charge on any atom is 0.408 e. The van der Waals surface area contributed by atoms with Crippen molar-refractivity contribution in [2.45, 2.75) is 104 Å². The lowest BCUT2D eigenvalue weighted by atomic mass is 10.0. The van der Waals surface area contributed by atoms with Crippen molar-refractivity contribution in [2.24, 2.45) is 0 Å².